The first-order valence-electron chi connectivity index (χ1n) is 5.49. The van der Waals surface area contributed by atoms with E-state index < -0.39 is 18.6 Å². The van der Waals surface area contributed by atoms with E-state index >= 15 is 0 Å². The standard InChI is InChI=1S/C12H9F3IN3O/c13-12(14,15)7-19-6-10(5-17-19)18-11(20)8-2-1-3-9(16)4-8/h1-6H,7H2,(H,18,20). The Morgan fingerprint density at radius 1 is 1.40 bits per heavy atom. The number of rotatable bonds is 3. The number of benzene rings is 1. The molecule has 0 aliphatic carbocycles. The minimum atomic E-state index is -4.34. The van der Waals surface area contributed by atoms with Gasteiger partial charge in [-0.25, -0.2) is 0 Å². The van der Waals surface area contributed by atoms with E-state index in [0.29, 0.717) is 5.56 Å². The Hall–Kier alpha value is -1.58. The topological polar surface area (TPSA) is 46.9 Å². The second-order valence-electron chi connectivity index (χ2n) is 4.01. The molecule has 0 spiro atoms. The highest BCUT2D eigenvalue weighted by molar-refractivity contribution is 14.1. The van der Waals surface area contributed by atoms with E-state index in [1.807, 2.05) is 6.07 Å². The summed E-state index contributed by atoms with van der Waals surface area (Å²) in [5.41, 5.74) is 0.651. The van der Waals surface area contributed by atoms with Gasteiger partial charge in [-0.1, -0.05) is 6.07 Å². The summed E-state index contributed by atoms with van der Waals surface area (Å²) in [5.74, 6) is -0.393. The zero-order valence-corrected chi connectivity index (χ0v) is 12.1. The normalized spacial score (nSPS) is 11.4. The molecule has 0 radical (unpaired) electrons. The van der Waals surface area contributed by atoms with Gasteiger partial charge in [0.25, 0.3) is 5.91 Å². The van der Waals surface area contributed by atoms with Gasteiger partial charge in [0, 0.05) is 15.3 Å². The number of alkyl halides is 3. The smallest absolute Gasteiger partial charge is 0.319 e. The highest BCUT2D eigenvalue weighted by atomic mass is 127. The number of anilines is 1. The van der Waals surface area contributed by atoms with Crippen LogP contribution < -0.4 is 5.32 Å². The quantitative estimate of drug-likeness (QED) is 0.811. The van der Waals surface area contributed by atoms with E-state index in [9.17, 15) is 18.0 Å². The van der Waals surface area contributed by atoms with Crippen molar-refractivity contribution < 1.29 is 18.0 Å². The van der Waals surface area contributed by atoms with Gasteiger partial charge >= 0.3 is 6.18 Å². The number of hydrogen-bond acceptors (Lipinski definition) is 2. The molecule has 1 amide bonds. The van der Waals surface area contributed by atoms with Crippen LogP contribution >= 0.6 is 22.6 Å². The molecule has 0 atom stereocenters. The fourth-order valence-electron chi connectivity index (χ4n) is 1.53. The maximum absolute atomic E-state index is 12.2. The molecule has 106 valence electrons. The van der Waals surface area contributed by atoms with Crippen LogP contribution in [-0.2, 0) is 6.54 Å². The third-order valence-electron chi connectivity index (χ3n) is 2.32. The summed E-state index contributed by atoms with van der Waals surface area (Å²) in [7, 11) is 0. The van der Waals surface area contributed by atoms with Crippen molar-refractivity contribution in [3.05, 3.63) is 45.8 Å². The summed E-state index contributed by atoms with van der Waals surface area (Å²) in [5, 5.41) is 6.04. The van der Waals surface area contributed by atoms with Crippen LogP contribution in [0.4, 0.5) is 18.9 Å². The number of nitrogens with one attached hydrogen (secondary N) is 1. The van der Waals surface area contributed by atoms with E-state index in [1.54, 1.807) is 18.2 Å². The molecule has 0 unspecified atom stereocenters. The van der Waals surface area contributed by atoms with Gasteiger partial charge in [-0.3, -0.25) is 9.48 Å². The second-order valence-corrected chi connectivity index (χ2v) is 5.25. The SMILES string of the molecule is O=C(Nc1cnn(CC(F)(F)F)c1)c1cccc(I)c1. The van der Waals surface area contributed by atoms with Crippen LogP contribution in [0.3, 0.4) is 0 Å². The Labute approximate surface area is 126 Å². The molecule has 1 N–H and O–H groups in total. The van der Waals surface area contributed by atoms with Crippen LogP contribution in [0.1, 0.15) is 10.4 Å². The Morgan fingerprint density at radius 3 is 2.80 bits per heavy atom. The molecule has 1 aromatic carbocycles. The molecule has 0 aliphatic rings. The molecule has 0 aliphatic heterocycles. The Morgan fingerprint density at radius 2 is 2.15 bits per heavy atom. The van der Waals surface area contributed by atoms with Gasteiger partial charge in [0.15, 0.2) is 0 Å². The summed E-state index contributed by atoms with van der Waals surface area (Å²) in [6.07, 6.45) is -2.03. The van der Waals surface area contributed by atoms with E-state index in [4.69, 9.17) is 0 Å². The van der Waals surface area contributed by atoms with Crippen LogP contribution in [0.2, 0.25) is 0 Å². The van der Waals surface area contributed by atoms with Crippen LogP contribution in [-0.4, -0.2) is 21.9 Å². The maximum Gasteiger partial charge on any atom is 0.408 e. The van der Waals surface area contributed by atoms with Crippen molar-refractivity contribution in [2.24, 2.45) is 0 Å². The van der Waals surface area contributed by atoms with Gasteiger partial charge < -0.3 is 5.32 Å². The largest absolute Gasteiger partial charge is 0.408 e. The van der Waals surface area contributed by atoms with Crippen molar-refractivity contribution in [3.63, 3.8) is 0 Å². The van der Waals surface area contributed by atoms with Crippen molar-refractivity contribution in [1.29, 1.82) is 0 Å². The Kier molecular flexibility index (Phi) is 4.31. The van der Waals surface area contributed by atoms with Gasteiger partial charge in [-0.05, 0) is 40.8 Å². The van der Waals surface area contributed by atoms with E-state index in [0.717, 1.165) is 14.4 Å². The summed E-state index contributed by atoms with van der Waals surface area (Å²) in [4.78, 5) is 11.9. The van der Waals surface area contributed by atoms with Crippen molar-refractivity contribution in [3.8, 4) is 0 Å². The molecule has 0 fully saturated rings. The molecule has 20 heavy (non-hydrogen) atoms. The van der Waals surface area contributed by atoms with Crippen molar-refractivity contribution in [1.82, 2.24) is 9.78 Å². The highest BCUT2D eigenvalue weighted by Gasteiger charge is 2.28. The molecule has 1 aromatic heterocycles. The second kappa shape index (κ2) is 5.81. The molecular formula is C12H9F3IN3O. The van der Waals surface area contributed by atoms with Gasteiger partial charge in [0.2, 0.25) is 0 Å². The van der Waals surface area contributed by atoms with Crippen molar-refractivity contribution in [2.75, 3.05) is 5.32 Å². The number of amides is 1. The zero-order valence-electron chi connectivity index (χ0n) is 9.99. The van der Waals surface area contributed by atoms with E-state index in [2.05, 4.69) is 33.0 Å². The lowest BCUT2D eigenvalue weighted by molar-refractivity contribution is -0.142. The molecule has 2 rings (SSSR count). The average molecular weight is 395 g/mol. The molecule has 2 aromatic rings. The molecular weight excluding hydrogens is 386 g/mol. The number of aromatic nitrogens is 2. The molecule has 0 saturated heterocycles. The molecule has 0 bridgehead atoms. The van der Waals surface area contributed by atoms with E-state index in [-0.39, 0.29) is 5.69 Å². The summed E-state index contributed by atoms with van der Waals surface area (Å²) in [6, 6.07) is 6.86. The minimum absolute atomic E-state index is 0.220. The summed E-state index contributed by atoms with van der Waals surface area (Å²) in [6.45, 7) is -1.19. The summed E-state index contributed by atoms with van der Waals surface area (Å²) >= 11 is 2.07. The number of nitrogens with zero attached hydrogens (tertiary/aromatic N) is 2. The number of carbonyl (C=O) groups is 1. The summed E-state index contributed by atoms with van der Waals surface area (Å²) < 4.78 is 38.1. The van der Waals surface area contributed by atoms with Crippen molar-refractivity contribution >= 4 is 34.2 Å². The number of hydrogen-bond donors (Lipinski definition) is 1. The van der Waals surface area contributed by atoms with Crippen LogP contribution in [0.15, 0.2) is 36.7 Å². The first kappa shape index (κ1) is 14.8. The predicted octanol–water partition coefficient (Wildman–Crippen LogP) is 3.30. The fourth-order valence-corrected chi connectivity index (χ4v) is 2.07. The van der Waals surface area contributed by atoms with E-state index in [1.165, 1.54) is 6.20 Å². The van der Waals surface area contributed by atoms with Gasteiger partial charge in [0.05, 0.1) is 11.9 Å². The third kappa shape index (κ3) is 4.22. The molecule has 4 nitrogen and oxygen atoms in total. The lowest BCUT2D eigenvalue weighted by atomic mass is 10.2. The molecule has 0 saturated carbocycles. The predicted molar refractivity (Wildman–Crippen MR) is 75.4 cm³/mol. The Balaban J connectivity index is 2.05. The monoisotopic (exact) mass is 395 g/mol. The highest BCUT2D eigenvalue weighted by Crippen LogP contribution is 2.18. The van der Waals surface area contributed by atoms with Crippen LogP contribution in [0.5, 0.6) is 0 Å². The van der Waals surface area contributed by atoms with Gasteiger partial charge in [0.1, 0.15) is 6.54 Å². The molecule has 8 heteroatoms. The van der Waals surface area contributed by atoms with Crippen LogP contribution in [0.25, 0.3) is 0 Å². The van der Waals surface area contributed by atoms with Crippen LogP contribution in [0, 0.1) is 3.57 Å². The first-order valence-corrected chi connectivity index (χ1v) is 6.57. The fraction of sp³-hybridized carbons (Fsp3) is 0.167. The zero-order chi connectivity index (χ0) is 14.8. The number of halogens is 4. The van der Waals surface area contributed by atoms with Gasteiger partial charge in [-0.2, -0.15) is 18.3 Å². The minimum Gasteiger partial charge on any atom is -0.319 e. The third-order valence-corrected chi connectivity index (χ3v) is 2.99. The van der Waals surface area contributed by atoms with Crippen molar-refractivity contribution in [2.45, 2.75) is 12.7 Å². The lowest BCUT2D eigenvalue weighted by Crippen LogP contribution is -2.18. The maximum atomic E-state index is 12.2. The number of carbonyl (C=O) groups excluding carboxylic acids is 1. The lowest BCUT2D eigenvalue weighted by Gasteiger charge is -2.05. The average Bonchev–Trinajstić information content (AvgIpc) is 2.74. The Bertz CT molecular complexity index is 624. The molecule has 1 heterocycles. The first-order chi connectivity index (χ1) is 9.33. The van der Waals surface area contributed by atoms with Gasteiger partial charge in [-0.15, -0.1) is 0 Å².